The van der Waals surface area contributed by atoms with Gasteiger partial charge in [0, 0.05) is 114 Å². The molecule has 0 unspecified atom stereocenters. The minimum absolute atomic E-state index is 0. The largest absolute Gasteiger partial charge is 0.399 e. The van der Waals surface area contributed by atoms with Gasteiger partial charge in [0.15, 0.2) is 0 Å². The van der Waals surface area contributed by atoms with Gasteiger partial charge in [-0.3, -0.25) is 9.11 Å². The molecule has 11 heteroatoms. The maximum Gasteiger partial charge on any atom is 0.295 e. The molecule has 0 saturated heterocycles. The smallest absolute Gasteiger partial charge is 0.295 e. The van der Waals surface area contributed by atoms with Crippen molar-refractivity contribution in [3.05, 3.63) is 30.3 Å². The molecule has 104 valence electrons. The van der Waals surface area contributed by atoms with Gasteiger partial charge >= 0.3 is 0 Å². The Balaban J connectivity index is 0.00000200. The van der Waals surface area contributed by atoms with E-state index in [1.807, 2.05) is 0 Å². The van der Waals surface area contributed by atoms with E-state index >= 15 is 0 Å². The van der Waals surface area contributed by atoms with Crippen molar-refractivity contribution in [3.63, 3.8) is 0 Å². The average Bonchev–Trinajstić information content (AvgIpc) is 2.24. The molecule has 7 nitrogen and oxygen atoms in total. The second-order valence-electron chi connectivity index (χ2n) is 3.85. The number of hydrogen-bond acceptors (Lipinski definition) is 5. The zero-order valence-electron chi connectivity index (χ0n) is 11.3. The van der Waals surface area contributed by atoms with E-state index in [0.29, 0.717) is 6.07 Å². The van der Waals surface area contributed by atoms with E-state index < -0.39 is 30.0 Å². The quantitative estimate of drug-likeness (QED) is 0.383. The Kier molecular flexibility index (Phi) is 8.73. The van der Waals surface area contributed by atoms with Gasteiger partial charge in [-0.05, 0) is 29.7 Å². The first-order valence-corrected chi connectivity index (χ1v) is 7.75. The van der Waals surface area contributed by atoms with Gasteiger partial charge in [0.25, 0.3) is 20.2 Å². The summed E-state index contributed by atoms with van der Waals surface area (Å²) in [5.41, 5.74) is 5.76. The van der Waals surface area contributed by atoms with Crippen LogP contribution in [0.25, 0.3) is 10.8 Å². The fraction of sp³-hybridized carbons (Fsp3) is 0. The van der Waals surface area contributed by atoms with Crippen molar-refractivity contribution in [1.82, 2.24) is 0 Å². The van der Waals surface area contributed by atoms with E-state index in [0.717, 1.165) is 6.07 Å². The van der Waals surface area contributed by atoms with Gasteiger partial charge in [0.05, 0.1) is 4.90 Å². The molecule has 0 aliphatic heterocycles. The van der Waals surface area contributed by atoms with Crippen molar-refractivity contribution in [3.8, 4) is 0 Å². The maximum absolute atomic E-state index is 11.3. The summed E-state index contributed by atoms with van der Waals surface area (Å²) in [5.74, 6) is 0. The fourth-order valence-corrected chi connectivity index (χ4v) is 3.03. The number of fused-ring (bicyclic) bond motifs is 1. The van der Waals surface area contributed by atoms with Crippen LogP contribution in [0, 0.1) is 0 Å². The van der Waals surface area contributed by atoms with Crippen LogP contribution in [0.15, 0.2) is 40.1 Å². The third-order valence-electron chi connectivity index (χ3n) is 2.49. The standard InChI is InChI=1S/C10H9NO6S2.2K/c11-7-2-1-6-3-8(18(12,13)14)5-10(9(6)4-7)19(15,16)17;;/h1-5H,11H2,(H,12,13,14)(H,15,16,17);;. The van der Waals surface area contributed by atoms with Crippen LogP contribution < -0.4 is 5.73 Å². The van der Waals surface area contributed by atoms with E-state index in [1.165, 1.54) is 18.2 Å². The van der Waals surface area contributed by atoms with Crippen molar-refractivity contribution in [2.24, 2.45) is 0 Å². The fourth-order valence-electron chi connectivity index (χ4n) is 1.68. The molecule has 2 radical (unpaired) electrons. The molecule has 0 aliphatic rings. The topological polar surface area (TPSA) is 135 Å². The van der Waals surface area contributed by atoms with Crippen molar-refractivity contribution >= 4 is 139 Å². The van der Waals surface area contributed by atoms with Crippen molar-refractivity contribution in [2.75, 3.05) is 5.73 Å². The third kappa shape index (κ3) is 5.57. The number of hydrogen-bond donors (Lipinski definition) is 3. The number of rotatable bonds is 2. The van der Waals surface area contributed by atoms with Crippen molar-refractivity contribution < 1.29 is 25.9 Å². The van der Waals surface area contributed by atoms with E-state index in [9.17, 15) is 16.8 Å². The second kappa shape index (κ2) is 8.11. The average molecular weight is 382 g/mol. The second-order valence-corrected chi connectivity index (χ2v) is 6.66. The van der Waals surface area contributed by atoms with Crippen LogP contribution in [0.2, 0.25) is 0 Å². The summed E-state index contributed by atoms with van der Waals surface area (Å²) in [6, 6.07) is 5.86. The molecular formula is C10H9K2NO6S2. The molecule has 0 aromatic heterocycles. The third-order valence-corrected chi connectivity index (χ3v) is 4.21. The molecule has 2 rings (SSSR count). The van der Waals surface area contributed by atoms with Gasteiger partial charge in [-0.1, -0.05) is 6.07 Å². The Labute approximate surface area is 207 Å². The van der Waals surface area contributed by atoms with E-state index in [4.69, 9.17) is 14.8 Å². The number of anilines is 1. The molecule has 0 atom stereocenters. The van der Waals surface area contributed by atoms with Gasteiger partial charge in [-0.2, -0.15) is 16.8 Å². The minimum atomic E-state index is -4.66. The van der Waals surface area contributed by atoms with Gasteiger partial charge in [0.1, 0.15) is 4.90 Å². The zero-order valence-corrected chi connectivity index (χ0v) is 19.2. The zero-order chi connectivity index (χ0) is 14.4. The van der Waals surface area contributed by atoms with Crippen LogP contribution in [0.5, 0.6) is 0 Å². The Hall–Kier alpha value is 1.59. The molecule has 0 aliphatic carbocycles. The summed E-state index contributed by atoms with van der Waals surface area (Å²) in [6.07, 6.45) is 0. The summed E-state index contributed by atoms with van der Waals surface area (Å²) in [4.78, 5) is -1.26. The predicted molar refractivity (Wildman–Crippen MR) is 79.5 cm³/mol. The molecule has 0 spiro atoms. The Morgan fingerprint density at radius 1 is 0.857 bits per heavy atom. The summed E-state index contributed by atoms with van der Waals surface area (Å²) < 4.78 is 62.8. The molecule has 0 amide bonds. The van der Waals surface area contributed by atoms with Crippen LogP contribution in [0.4, 0.5) is 5.69 Å². The molecule has 0 bridgehead atoms. The molecular weight excluding hydrogens is 372 g/mol. The normalized spacial score (nSPS) is 11.5. The van der Waals surface area contributed by atoms with Crippen LogP contribution in [0.1, 0.15) is 0 Å². The monoisotopic (exact) mass is 381 g/mol. The van der Waals surface area contributed by atoms with Crippen LogP contribution in [-0.2, 0) is 20.2 Å². The van der Waals surface area contributed by atoms with E-state index in [-0.39, 0.29) is 119 Å². The first kappa shape index (κ1) is 22.6. The first-order valence-electron chi connectivity index (χ1n) is 4.87. The molecule has 21 heavy (non-hydrogen) atoms. The predicted octanol–water partition coefficient (Wildman–Crippen LogP) is 0.154. The van der Waals surface area contributed by atoms with Crippen molar-refractivity contribution in [1.29, 1.82) is 0 Å². The van der Waals surface area contributed by atoms with Gasteiger partial charge in [0.2, 0.25) is 0 Å². The van der Waals surface area contributed by atoms with Crippen LogP contribution in [-0.4, -0.2) is 129 Å². The van der Waals surface area contributed by atoms with E-state index in [2.05, 4.69) is 0 Å². The SMILES string of the molecule is Nc1ccc2cc(S(=O)(=O)O)cc(S(=O)(=O)O)c2c1.[K].[K]. The first-order chi connectivity index (χ1) is 8.59. The van der Waals surface area contributed by atoms with Gasteiger partial charge in [-0.25, -0.2) is 0 Å². The molecule has 2 aromatic carbocycles. The summed E-state index contributed by atoms with van der Waals surface area (Å²) >= 11 is 0. The summed E-state index contributed by atoms with van der Waals surface area (Å²) in [6.45, 7) is 0. The number of nitrogen functional groups attached to an aromatic ring is 1. The summed E-state index contributed by atoms with van der Waals surface area (Å²) in [5, 5.41) is 0.270. The molecule has 0 heterocycles. The minimum Gasteiger partial charge on any atom is -0.399 e. The molecule has 2 aromatic rings. The summed E-state index contributed by atoms with van der Waals surface area (Å²) in [7, 11) is -9.25. The number of nitrogens with two attached hydrogens (primary N) is 1. The van der Waals surface area contributed by atoms with Gasteiger partial charge in [-0.15, -0.1) is 0 Å². The van der Waals surface area contributed by atoms with Crippen LogP contribution >= 0.6 is 0 Å². The van der Waals surface area contributed by atoms with E-state index in [1.54, 1.807) is 0 Å². The van der Waals surface area contributed by atoms with Gasteiger partial charge < -0.3 is 5.73 Å². The van der Waals surface area contributed by atoms with Crippen LogP contribution in [0.3, 0.4) is 0 Å². The number of benzene rings is 2. The molecule has 0 fully saturated rings. The van der Waals surface area contributed by atoms with Crippen molar-refractivity contribution in [2.45, 2.75) is 9.79 Å². The molecule has 4 N–H and O–H groups in total. The Morgan fingerprint density at radius 2 is 1.43 bits per heavy atom. The molecule has 0 saturated carbocycles. The Bertz CT molecular complexity index is 880. The maximum atomic E-state index is 11.3. The Morgan fingerprint density at radius 3 is 1.90 bits per heavy atom.